The lowest BCUT2D eigenvalue weighted by atomic mass is 10.0. The molecule has 2 heterocycles. The summed E-state index contributed by atoms with van der Waals surface area (Å²) >= 11 is 0. The molecule has 4 rings (SSSR count). The molecule has 1 aliphatic heterocycles. The van der Waals surface area contributed by atoms with Crippen molar-refractivity contribution in [3.8, 4) is 11.6 Å². The average Bonchev–Trinajstić information content (AvgIpc) is 3.59. The van der Waals surface area contributed by atoms with Crippen LogP contribution in [0.25, 0.3) is 0 Å². The first-order valence-electron chi connectivity index (χ1n) is 11.1. The number of fused-ring (bicyclic) bond motifs is 1. The molecule has 2 unspecified atom stereocenters. The molecule has 1 fully saturated rings. The van der Waals surface area contributed by atoms with Crippen molar-refractivity contribution in [2.75, 3.05) is 29.4 Å². The van der Waals surface area contributed by atoms with Crippen LogP contribution in [0.1, 0.15) is 19.8 Å². The largest absolute Gasteiger partial charge is 0.484 e. The van der Waals surface area contributed by atoms with Crippen LogP contribution in [-0.2, 0) is 21.4 Å². The van der Waals surface area contributed by atoms with E-state index in [1.165, 1.54) is 29.1 Å². The minimum absolute atomic E-state index is 0.0657. The fourth-order valence-electron chi connectivity index (χ4n) is 3.80. The first kappa shape index (κ1) is 24.8. The predicted octanol–water partition coefficient (Wildman–Crippen LogP) is 0.627. The molecule has 13 nitrogen and oxygen atoms in total. The summed E-state index contributed by atoms with van der Waals surface area (Å²) in [6, 6.07) is 3.11. The summed E-state index contributed by atoms with van der Waals surface area (Å²) in [6.45, 7) is 1.33. The van der Waals surface area contributed by atoms with Gasteiger partial charge in [0, 0.05) is 24.3 Å². The number of aryl methyl sites for hydroxylation is 1. The summed E-state index contributed by atoms with van der Waals surface area (Å²) in [5.41, 5.74) is 6.38. The van der Waals surface area contributed by atoms with Crippen molar-refractivity contribution < 1.29 is 37.7 Å². The van der Waals surface area contributed by atoms with Gasteiger partial charge in [0.15, 0.2) is 10.7 Å². The molecule has 1 aromatic carbocycles. The fourth-order valence-corrected chi connectivity index (χ4v) is 5.36. The number of benzene rings is 1. The van der Waals surface area contributed by atoms with E-state index in [1.807, 2.05) is 0 Å². The number of sulfonamides is 1. The summed E-state index contributed by atoms with van der Waals surface area (Å²) in [7, 11) is -4.35. The summed E-state index contributed by atoms with van der Waals surface area (Å²) in [5, 5.41) is 24.5. The molecule has 0 bridgehead atoms. The SMILES string of the molecule is CCn1cc(S(=O)(=O)N2CC(C(N)C(=O)C3CC3)Oc3ccc(NC(=O)O)cc32)c(OCCO)n1. The van der Waals surface area contributed by atoms with Crippen LogP contribution in [0.4, 0.5) is 16.2 Å². The second kappa shape index (κ2) is 9.71. The summed E-state index contributed by atoms with van der Waals surface area (Å²) in [6.07, 6.45) is 0.496. The normalized spacial score (nSPS) is 18.4. The summed E-state index contributed by atoms with van der Waals surface area (Å²) in [5.74, 6) is -0.404. The van der Waals surface area contributed by atoms with Gasteiger partial charge in [-0.2, -0.15) is 0 Å². The number of ketones is 1. The number of anilines is 2. The van der Waals surface area contributed by atoms with Crippen molar-refractivity contribution in [2.45, 2.75) is 43.4 Å². The lowest BCUT2D eigenvalue weighted by Crippen LogP contribution is -2.54. The van der Waals surface area contributed by atoms with Gasteiger partial charge in [0.1, 0.15) is 24.5 Å². The number of amides is 1. The molecule has 0 radical (unpaired) electrons. The lowest BCUT2D eigenvalue weighted by Gasteiger charge is -2.37. The third kappa shape index (κ3) is 5.04. The highest BCUT2D eigenvalue weighted by Gasteiger charge is 2.43. The summed E-state index contributed by atoms with van der Waals surface area (Å²) in [4.78, 5) is 23.5. The molecule has 1 aromatic heterocycles. The monoisotopic (exact) mass is 509 g/mol. The number of aromatic nitrogens is 2. The second-order valence-electron chi connectivity index (χ2n) is 8.23. The molecule has 14 heteroatoms. The molecule has 2 atom stereocenters. The van der Waals surface area contributed by atoms with Crippen LogP contribution < -0.4 is 24.8 Å². The highest BCUT2D eigenvalue weighted by Crippen LogP contribution is 2.41. The first-order chi connectivity index (χ1) is 16.6. The molecule has 0 spiro atoms. The Labute approximate surface area is 201 Å². The zero-order valence-corrected chi connectivity index (χ0v) is 19.8. The number of carboxylic acid groups (broad SMARTS) is 1. The predicted molar refractivity (Wildman–Crippen MR) is 123 cm³/mol. The van der Waals surface area contributed by atoms with Crippen LogP contribution in [-0.4, -0.2) is 72.2 Å². The van der Waals surface area contributed by atoms with E-state index in [1.54, 1.807) is 6.92 Å². The number of aliphatic hydroxyl groups is 1. The van der Waals surface area contributed by atoms with Gasteiger partial charge < -0.3 is 25.4 Å². The molecule has 35 heavy (non-hydrogen) atoms. The molecule has 1 saturated carbocycles. The lowest BCUT2D eigenvalue weighted by molar-refractivity contribution is -0.123. The fraction of sp³-hybridized carbons (Fsp3) is 0.476. The highest BCUT2D eigenvalue weighted by molar-refractivity contribution is 7.93. The van der Waals surface area contributed by atoms with Gasteiger partial charge in [0.05, 0.1) is 18.8 Å². The Morgan fingerprint density at radius 3 is 2.74 bits per heavy atom. The van der Waals surface area contributed by atoms with Crippen molar-refractivity contribution in [1.82, 2.24) is 9.78 Å². The smallest absolute Gasteiger partial charge is 0.409 e. The van der Waals surface area contributed by atoms with Crippen LogP contribution in [0, 0.1) is 5.92 Å². The number of ether oxygens (including phenoxy) is 2. The van der Waals surface area contributed by atoms with Gasteiger partial charge in [-0.05, 0) is 38.0 Å². The van der Waals surface area contributed by atoms with E-state index in [9.17, 15) is 18.0 Å². The third-order valence-electron chi connectivity index (χ3n) is 5.73. The van der Waals surface area contributed by atoms with Crippen LogP contribution in [0.2, 0.25) is 0 Å². The van der Waals surface area contributed by atoms with E-state index < -0.39 is 28.3 Å². The van der Waals surface area contributed by atoms with Crippen molar-refractivity contribution in [3.05, 3.63) is 24.4 Å². The van der Waals surface area contributed by atoms with E-state index in [4.69, 9.17) is 25.4 Å². The van der Waals surface area contributed by atoms with E-state index in [0.717, 1.165) is 17.1 Å². The van der Waals surface area contributed by atoms with Gasteiger partial charge in [-0.15, -0.1) is 5.10 Å². The van der Waals surface area contributed by atoms with Crippen molar-refractivity contribution >= 4 is 33.3 Å². The molecule has 1 aliphatic carbocycles. The Bertz CT molecular complexity index is 1230. The number of carbonyl (C=O) groups excluding carboxylic acids is 1. The summed E-state index contributed by atoms with van der Waals surface area (Å²) < 4.78 is 41.5. The van der Waals surface area contributed by atoms with Crippen molar-refractivity contribution in [3.63, 3.8) is 0 Å². The van der Waals surface area contributed by atoms with Gasteiger partial charge >= 0.3 is 6.09 Å². The number of hydrogen-bond donors (Lipinski definition) is 4. The van der Waals surface area contributed by atoms with E-state index >= 15 is 0 Å². The number of nitrogens with one attached hydrogen (secondary N) is 1. The standard InChI is InChI=1S/C21H27N5O8S/c1-2-25-11-17(20(24-25)33-8-7-27)35(31,32)26-10-16(18(22)19(28)12-3-4-12)34-15-6-5-13(9-14(15)26)23-21(29)30/h5-6,9,11-12,16,18,23,27H,2-4,7-8,10,22H2,1H3,(H,29,30). The maximum absolute atomic E-state index is 13.9. The number of nitrogens with zero attached hydrogens (tertiary/aromatic N) is 3. The third-order valence-corrected chi connectivity index (χ3v) is 7.49. The van der Waals surface area contributed by atoms with Gasteiger partial charge in [0.25, 0.3) is 15.9 Å². The quantitative estimate of drug-likeness (QED) is 0.354. The second-order valence-corrected chi connectivity index (χ2v) is 10.1. The zero-order valence-electron chi connectivity index (χ0n) is 19.0. The number of rotatable bonds is 10. The molecule has 2 aliphatic rings. The topological polar surface area (TPSA) is 186 Å². The Balaban J connectivity index is 1.78. The molecule has 1 amide bonds. The highest BCUT2D eigenvalue weighted by atomic mass is 32.2. The van der Waals surface area contributed by atoms with Gasteiger partial charge in [0.2, 0.25) is 0 Å². The van der Waals surface area contributed by atoms with E-state index in [-0.39, 0.29) is 59.4 Å². The number of carbonyl (C=O) groups is 2. The van der Waals surface area contributed by atoms with Crippen molar-refractivity contribution in [1.29, 1.82) is 0 Å². The molecule has 190 valence electrons. The van der Waals surface area contributed by atoms with Crippen LogP contribution in [0.15, 0.2) is 29.3 Å². The maximum atomic E-state index is 13.9. The Morgan fingerprint density at radius 2 is 2.11 bits per heavy atom. The molecular weight excluding hydrogens is 482 g/mol. The van der Waals surface area contributed by atoms with E-state index in [0.29, 0.717) is 6.54 Å². The van der Waals surface area contributed by atoms with Crippen LogP contribution >= 0.6 is 0 Å². The average molecular weight is 510 g/mol. The first-order valence-corrected chi connectivity index (χ1v) is 12.5. The molecule has 2 aromatic rings. The minimum atomic E-state index is -4.35. The Morgan fingerprint density at radius 1 is 1.37 bits per heavy atom. The maximum Gasteiger partial charge on any atom is 0.409 e. The van der Waals surface area contributed by atoms with Crippen molar-refractivity contribution in [2.24, 2.45) is 11.7 Å². The van der Waals surface area contributed by atoms with Crippen LogP contribution in [0.5, 0.6) is 11.6 Å². The number of nitrogens with two attached hydrogens (primary N) is 1. The number of aliphatic hydroxyl groups excluding tert-OH is 1. The molecular formula is C21H27N5O8S. The van der Waals surface area contributed by atoms with Gasteiger partial charge in [-0.1, -0.05) is 0 Å². The zero-order chi connectivity index (χ0) is 25.3. The van der Waals surface area contributed by atoms with Gasteiger partial charge in [-0.25, -0.2) is 13.2 Å². The molecule has 5 N–H and O–H groups in total. The minimum Gasteiger partial charge on any atom is -0.484 e. The van der Waals surface area contributed by atoms with Crippen LogP contribution in [0.3, 0.4) is 0 Å². The molecule has 0 saturated heterocycles. The van der Waals surface area contributed by atoms with E-state index in [2.05, 4.69) is 10.4 Å². The number of hydrogen-bond acceptors (Lipinski definition) is 9. The van der Waals surface area contributed by atoms with Gasteiger partial charge in [-0.3, -0.25) is 19.1 Å². The number of Topliss-reactive ketones (excluding diaryl/α,β-unsaturated/α-hetero) is 1. The Kier molecular flexibility index (Phi) is 6.87. The Hall–Kier alpha value is -3.36.